The summed E-state index contributed by atoms with van der Waals surface area (Å²) < 4.78 is 20.9. The third-order valence-corrected chi connectivity index (χ3v) is 4.70. The Balaban J connectivity index is 2.38. The van der Waals surface area contributed by atoms with Gasteiger partial charge in [-0.1, -0.05) is 23.2 Å². The number of nitrogens with one attached hydrogen (secondary N) is 1. The van der Waals surface area contributed by atoms with Gasteiger partial charge in [0.15, 0.2) is 11.5 Å². The monoisotopic (exact) mass is 469 g/mol. The van der Waals surface area contributed by atoms with Crippen molar-refractivity contribution in [3.8, 4) is 23.0 Å². The van der Waals surface area contributed by atoms with Crippen LogP contribution in [0.25, 0.3) is 0 Å². The summed E-state index contributed by atoms with van der Waals surface area (Å²) in [5.41, 5.74) is 0.374. The molecule has 11 heteroatoms. The summed E-state index contributed by atoms with van der Waals surface area (Å²) in [6, 6.07) is 4.60. The zero-order valence-electron chi connectivity index (χ0n) is 17.5. The lowest BCUT2D eigenvalue weighted by Gasteiger charge is -2.16. The minimum absolute atomic E-state index is 0.161. The summed E-state index contributed by atoms with van der Waals surface area (Å²) in [6.45, 7) is 1.22. The highest BCUT2D eigenvalue weighted by atomic mass is 35.5. The van der Waals surface area contributed by atoms with Crippen LogP contribution in [0.5, 0.6) is 23.0 Å². The molecule has 0 spiro atoms. The van der Waals surface area contributed by atoms with Gasteiger partial charge in [0.2, 0.25) is 6.04 Å². The van der Waals surface area contributed by atoms with Gasteiger partial charge in [-0.25, -0.2) is 0 Å². The van der Waals surface area contributed by atoms with Gasteiger partial charge in [-0.05, 0) is 25.1 Å². The Hall–Kier alpha value is -3.04. The number of hydrogen-bond donors (Lipinski definition) is 1. The Morgan fingerprint density at radius 3 is 2.10 bits per heavy atom. The number of methoxy groups -OCH3 is 4. The number of anilines is 1. The highest BCUT2D eigenvalue weighted by molar-refractivity contribution is 6.33. The summed E-state index contributed by atoms with van der Waals surface area (Å²) in [5, 5.41) is 11.0. The minimum Gasteiger partial charge on any atom is -0.495 e. The van der Waals surface area contributed by atoms with Crippen LogP contribution in [0.1, 0.15) is 6.92 Å². The maximum absolute atomic E-state index is 12.8. The van der Waals surface area contributed by atoms with Crippen LogP contribution < -0.4 is 24.3 Å². The molecule has 0 bridgehead atoms. The molecule has 1 N–H and O–H groups in total. The molecule has 166 valence electrons. The molecule has 1 unspecified atom stereocenters. The number of ether oxygens (including phenoxy) is 4. The molecular formula is C20H21Cl2N3O6. The van der Waals surface area contributed by atoms with Gasteiger partial charge in [0, 0.05) is 6.07 Å². The number of nitrogens with zero attached hydrogens (tertiary/aromatic N) is 2. The molecule has 1 atom stereocenters. The van der Waals surface area contributed by atoms with Gasteiger partial charge in [0.1, 0.15) is 28.6 Å². The van der Waals surface area contributed by atoms with E-state index in [0.717, 1.165) is 0 Å². The van der Waals surface area contributed by atoms with Gasteiger partial charge in [0.25, 0.3) is 5.91 Å². The highest BCUT2D eigenvalue weighted by Crippen LogP contribution is 2.41. The van der Waals surface area contributed by atoms with Crippen molar-refractivity contribution in [2.24, 2.45) is 10.2 Å². The van der Waals surface area contributed by atoms with Crippen LogP contribution in [0.3, 0.4) is 0 Å². The topological polar surface area (TPSA) is 108 Å². The number of azo groups is 1. The van der Waals surface area contributed by atoms with Crippen molar-refractivity contribution in [1.82, 2.24) is 0 Å². The van der Waals surface area contributed by atoms with Crippen LogP contribution in [0.2, 0.25) is 10.0 Å². The molecule has 0 fully saturated rings. The smallest absolute Gasteiger partial charge is 0.259 e. The number of carbonyl (C=O) groups excluding carboxylic acids is 2. The summed E-state index contributed by atoms with van der Waals surface area (Å²) in [7, 11) is 5.68. The van der Waals surface area contributed by atoms with Crippen molar-refractivity contribution in [3.05, 3.63) is 34.3 Å². The van der Waals surface area contributed by atoms with Gasteiger partial charge in [0.05, 0.1) is 38.5 Å². The second-order valence-electron chi connectivity index (χ2n) is 6.03. The quantitative estimate of drug-likeness (QED) is 0.420. The average Bonchev–Trinajstić information content (AvgIpc) is 2.74. The van der Waals surface area contributed by atoms with Gasteiger partial charge >= 0.3 is 0 Å². The lowest BCUT2D eigenvalue weighted by Crippen LogP contribution is -2.32. The van der Waals surface area contributed by atoms with Crippen molar-refractivity contribution in [3.63, 3.8) is 0 Å². The molecule has 2 rings (SSSR count). The molecule has 31 heavy (non-hydrogen) atoms. The van der Waals surface area contributed by atoms with Crippen LogP contribution in [0.4, 0.5) is 11.4 Å². The Kier molecular flexibility index (Phi) is 8.47. The van der Waals surface area contributed by atoms with E-state index in [4.69, 9.17) is 42.1 Å². The molecule has 0 saturated heterocycles. The third-order valence-electron chi connectivity index (χ3n) is 4.11. The van der Waals surface area contributed by atoms with E-state index in [1.807, 2.05) is 0 Å². The second-order valence-corrected chi connectivity index (χ2v) is 6.85. The summed E-state index contributed by atoms with van der Waals surface area (Å²) in [4.78, 5) is 24.9. The van der Waals surface area contributed by atoms with E-state index >= 15 is 0 Å². The van der Waals surface area contributed by atoms with Crippen molar-refractivity contribution in [2.75, 3.05) is 33.8 Å². The highest BCUT2D eigenvalue weighted by Gasteiger charge is 2.26. The molecule has 2 aromatic rings. The molecule has 0 aliphatic carbocycles. The van der Waals surface area contributed by atoms with Crippen molar-refractivity contribution < 1.29 is 28.5 Å². The number of benzene rings is 2. The largest absolute Gasteiger partial charge is 0.495 e. The molecule has 1 amide bonds. The fraction of sp³-hybridized carbons (Fsp3) is 0.300. The predicted octanol–water partition coefficient (Wildman–Crippen LogP) is 4.71. The van der Waals surface area contributed by atoms with Crippen LogP contribution in [-0.2, 0) is 9.59 Å². The van der Waals surface area contributed by atoms with E-state index in [1.165, 1.54) is 47.5 Å². The summed E-state index contributed by atoms with van der Waals surface area (Å²) >= 11 is 12.2. The van der Waals surface area contributed by atoms with Crippen LogP contribution in [0, 0.1) is 0 Å². The summed E-state index contributed by atoms with van der Waals surface area (Å²) in [6.07, 6.45) is 0. The molecule has 0 saturated carbocycles. The molecule has 2 aromatic carbocycles. The number of carbonyl (C=O) groups is 2. The zero-order chi connectivity index (χ0) is 23.1. The number of Topliss-reactive ketones (excluding diaryl/α,β-unsaturated/α-hetero) is 1. The number of amides is 1. The van der Waals surface area contributed by atoms with E-state index < -0.39 is 17.7 Å². The Morgan fingerprint density at radius 1 is 0.903 bits per heavy atom. The van der Waals surface area contributed by atoms with Gasteiger partial charge in [-0.2, -0.15) is 10.2 Å². The van der Waals surface area contributed by atoms with E-state index in [9.17, 15) is 9.59 Å². The van der Waals surface area contributed by atoms with E-state index in [2.05, 4.69) is 15.5 Å². The fourth-order valence-electron chi connectivity index (χ4n) is 2.58. The molecular weight excluding hydrogens is 449 g/mol. The van der Waals surface area contributed by atoms with E-state index in [0.29, 0.717) is 11.5 Å². The van der Waals surface area contributed by atoms with Gasteiger partial charge in [-0.15, -0.1) is 0 Å². The maximum Gasteiger partial charge on any atom is 0.259 e. The van der Waals surface area contributed by atoms with E-state index in [1.54, 1.807) is 12.1 Å². The first-order valence-corrected chi connectivity index (χ1v) is 9.57. The average molecular weight is 470 g/mol. The number of hydrogen-bond acceptors (Lipinski definition) is 8. The predicted molar refractivity (Wildman–Crippen MR) is 117 cm³/mol. The first-order chi connectivity index (χ1) is 14.8. The number of rotatable bonds is 9. The first kappa shape index (κ1) is 24.2. The Labute approximate surface area is 189 Å². The van der Waals surface area contributed by atoms with Crippen LogP contribution in [-0.4, -0.2) is 46.2 Å². The minimum atomic E-state index is -1.46. The SMILES string of the molecule is COc1cc(OC)c(N=NC(C(C)=O)C(=O)Nc2c(OC)ccc(Cl)c2OC)cc1Cl. The lowest BCUT2D eigenvalue weighted by atomic mass is 10.2. The Morgan fingerprint density at radius 2 is 1.55 bits per heavy atom. The van der Waals surface area contributed by atoms with E-state index in [-0.39, 0.29) is 32.9 Å². The summed E-state index contributed by atoms with van der Waals surface area (Å²) in [5.74, 6) is -0.160. The standard InChI is InChI=1S/C20H21Cl2N3O6/c1-10(26)17(25-24-13-8-12(22)15(29-3)9-16(13)30-4)20(27)23-18-14(28-2)7-6-11(21)19(18)31-5/h6-9,17H,1-5H3,(H,23,27). The first-order valence-electron chi connectivity index (χ1n) is 8.81. The Bertz CT molecular complexity index is 1010. The number of halogens is 2. The van der Waals surface area contributed by atoms with Crippen molar-refractivity contribution in [1.29, 1.82) is 0 Å². The van der Waals surface area contributed by atoms with Crippen molar-refractivity contribution >= 4 is 46.3 Å². The molecule has 0 aliphatic rings. The molecule has 9 nitrogen and oxygen atoms in total. The normalized spacial score (nSPS) is 11.7. The van der Waals surface area contributed by atoms with Gasteiger partial charge < -0.3 is 24.3 Å². The van der Waals surface area contributed by atoms with Crippen LogP contribution in [0.15, 0.2) is 34.5 Å². The molecule has 0 radical (unpaired) electrons. The second kappa shape index (κ2) is 10.8. The third kappa shape index (κ3) is 5.56. The molecule has 0 aliphatic heterocycles. The van der Waals surface area contributed by atoms with Crippen molar-refractivity contribution in [2.45, 2.75) is 13.0 Å². The fourth-order valence-corrected chi connectivity index (χ4v) is 3.05. The lowest BCUT2D eigenvalue weighted by molar-refractivity contribution is -0.126. The van der Waals surface area contributed by atoms with Crippen LogP contribution >= 0.6 is 23.2 Å². The molecule has 0 aromatic heterocycles. The number of ketones is 1. The zero-order valence-corrected chi connectivity index (χ0v) is 19.0. The maximum atomic E-state index is 12.8. The van der Waals surface area contributed by atoms with Gasteiger partial charge in [-0.3, -0.25) is 9.59 Å². The molecule has 0 heterocycles.